The second-order valence-electron chi connectivity index (χ2n) is 4.64. The molecule has 0 bridgehead atoms. The van der Waals surface area contributed by atoms with Gasteiger partial charge in [0, 0.05) is 19.6 Å². The molecule has 0 aromatic heterocycles. The monoisotopic (exact) mass is 293 g/mol. The predicted octanol–water partition coefficient (Wildman–Crippen LogP) is 1.53. The summed E-state index contributed by atoms with van der Waals surface area (Å²) in [5, 5.41) is 14.3. The van der Waals surface area contributed by atoms with Crippen molar-refractivity contribution in [2.45, 2.75) is 20.4 Å². The predicted molar refractivity (Wildman–Crippen MR) is 81.4 cm³/mol. The highest BCUT2D eigenvalue weighted by Gasteiger charge is 2.04. The van der Waals surface area contributed by atoms with Crippen LogP contribution in [-0.2, 0) is 6.54 Å². The van der Waals surface area contributed by atoms with E-state index in [1.165, 1.54) is 12.1 Å². The summed E-state index contributed by atoms with van der Waals surface area (Å²) >= 11 is 0. The van der Waals surface area contributed by atoms with Gasteiger partial charge in [-0.1, -0.05) is 26.0 Å². The minimum atomic E-state index is -0.955. The molecule has 0 aliphatic carbocycles. The molecule has 0 saturated heterocycles. The van der Waals surface area contributed by atoms with Crippen molar-refractivity contribution in [2.75, 3.05) is 26.2 Å². The standard InChI is InChI=1S/C15H23N3O3/c1-3-18(4-2)10-9-16-15(21)17-11-12-5-7-13(8-6-12)14(19)20/h5-8H,3-4,9-11H2,1-2H3,(H,19,20)(H2,16,17,21). The number of hydrogen-bond acceptors (Lipinski definition) is 3. The zero-order valence-electron chi connectivity index (χ0n) is 12.6. The largest absolute Gasteiger partial charge is 0.478 e. The van der Waals surface area contributed by atoms with Crippen LogP contribution in [0.2, 0.25) is 0 Å². The molecule has 1 rings (SSSR count). The Bertz CT molecular complexity index is 456. The molecular weight excluding hydrogens is 270 g/mol. The maximum absolute atomic E-state index is 11.6. The number of likely N-dealkylation sites (N-methyl/N-ethyl adjacent to an activating group) is 1. The lowest BCUT2D eigenvalue weighted by Crippen LogP contribution is -2.40. The summed E-state index contributed by atoms with van der Waals surface area (Å²) in [5.74, 6) is -0.955. The Balaban J connectivity index is 2.28. The lowest BCUT2D eigenvalue weighted by Gasteiger charge is -2.18. The number of carbonyl (C=O) groups excluding carboxylic acids is 1. The topological polar surface area (TPSA) is 81.7 Å². The van der Waals surface area contributed by atoms with Crippen LogP contribution in [0.3, 0.4) is 0 Å². The Labute approximate surface area is 125 Å². The zero-order chi connectivity index (χ0) is 15.7. The van der Waals surface area contributed by atoms with Crippen LogP contribution in [0.25, 0.3) is 0 Å². The second kappa shape index (κ2) is 8.97. The van der Waals surface area contributed by atoms with Gasteiger partial charge in [-0.25, -0.2) is 9.59 Å². The van der Waals surface area contributed by atoms with Gasteiger partial charge in [0.25, 0.3) is 0 Å². The molecule has 3 N–H and O–H groups in total. The zero-order valence-corrected chi connectivity index (χ0v) is 12.6. The maximum Gasteiger partial charge on any atom is 0.335 e. The molecule has 0 heterocycles. The molecule has 0 fully saturated rings. The van der Waals surface area contributed by atoms with Gasteiger partial charge in [0.15, 0.2) is 0 Å². The van der Waals surface area contributed by atoms with Crippen molar-refractivity contribution >= 4 is 12.0 Å². The minimum Gasteiger partial charge on any atom is -0.478 e. The first-order valence-corrected chi connectivity index (χ1v) is 7.13. The van der Waals surface area contributed by atoms with E-state index in [0.29, 0.717) is 13.1 Å². The van der Waals surface area contributed by atoms with Gasteiger partial charge in [-0.15, -0.1) is 0 Å². The first-order valence-electron chi connectivity index (χ1n) is 7.13. The summed E-state index contributed by atoms with van der Waals surface area (Å²) in [6.45, 7) is 7.91. The van der Waals surface area contributed by atoms with Crippen LogP contribution in [0, 0.1) is 0 Å². The second-order valence-corrected chi connectivity index (χ2v) is 4.64. The molecule has 6 nitrogen and oxygen atoms in total. The first-order chi connectivity index (χ1) is 10.1. The summed E-state index contributed by atoms with van der Waals surface area (Å²) in [6, 6.07) is 6.22. The molecule has 2 amide bonds. The van der Waals surface area contributed by atoms with E-state index in [2.05, 4.69) is 29.4 Å². The van der Waals surface area contributed by atoms with Gasteiger partial charge in [-0.05, 0) is 30.8 Å². The normalized spacial score (nSPS) is 10.4. The van der Waals surface area contributed by atoms with E-state index < -0.39 is 5.97 Å². The van der Waals surface area contributed by atoms with E-state index in [0.717, 1.165) is 25.2 Å². The molecule has 0 aliphatic heterocycles. The minimum absolute atomic E-state index is 0.218. The van der Waals surface area contributed by atoms with E-state index in [4.69, 9.17) is 5.11 Å². The fourth-order valence-electron chi connectivity index (χ4n) is 1.88. The number of amides is 2. The van der Waals surface area contributed by atoms with Crippen LogP contribution in [-0.4, -0.2) is 48.2 Å². The van der Waals surface area contributed by atoms with Gasteiger partial charge in [0.05, 0.1) is 5.56 Å². The summed E-state index contributed by atoms with van der Waals surface area (Å²) < 4.78 is 0. The third-order valence-electron chi connectivity index (χ3n) is 3.26. The van der Waals surface area contributed by atoms with Crippen molar-refractivity contribution in [3.8, 4) is 0 Å². The summed E-state index contributed by atoms with van der Waals surface area (Å²) in [4.78, 5) is 24.6. The van der Waals surface area contributed by atoms with E-state index in [1.807, 2.05) is 0 Å². The SMILES string of the molecule is CCN(CC)CCNC(=O)NCc1ccc(C(=O)O)cc1. The number of nitrogens with zero attached hydrogens (tertiary/aromatic N) is 1. The van der Waals surface area contributed by atoms with Gasteiger partial charge < -0.3 is 20.6 Å². The third kappa shape index (κ3) is 6.27. The third-order valence-corrected chi connectivity index (χ3v) is 3.26. The highest BCUT2D eigenvalue weighted by Crippen LogP contribution is 2.04. The number of carboxylic acid groups (broad SMARTS) is 1. The fourth-order valence-corrected chi connectivity index (χ4v) is 1.88. The molecule has 0 atom stereocenters. The van der Waals surface area contributed by atoms with Gasteiger partial charge in [-0.2, -0.15) is 0 Å². The Morgan fingerprint density at radius 2 is 1.71 bits per heavy atom. The van der Waals surface area contributed by atoms with Gasteiger partial charge in [0.2, 0.25) is 0 Å². The van der Waals surface area contributed by atoms with E-state index in [9.17, 15) is 9.59 Å². The van der Waals surface area contributed by atoms with Crippen LogP contribution in [0.15, 0.2) is 24.3 Å². The molecular formula is C15H23N3O3. The highest BCUT2D eigenvalue weighted by molar-refractivity contribution is 5.87. The Morgan fingerprint density at radius 1 is 1.10 bits per heavy atom. The van der Waals surface area contributed by atoms with Gasteiger partial charge in [0.1, 0.15) is 0 Å². The van der Waals surface area contributed by atoms with Crippen molar-refractivity contribution < 1.29 is 14.7 Å². The van der Waals surface area contributed by atoms with Crippen LogP contribution >= 0.6 is 0 Å². The molecule has 21 heavy (non-hydrogen) atoms. The summed E-state index contributed by atoms with van der Waals surface area (Å²) in [6.07, 6.45) is 0. The molecule has 1 aromatic carbocycles. The smallest absolute Gasteiger partial charge is 0.335 e. The van der Waals surface area contributed by atoms with Crippen molar-refractivity contribution in [3.63, 3.8) is 0 Å². The van der Waals surface area contributed by atoms with E-state index in [1.54, 1.807) is 12.1 Å². The molecule has 116 valence electrons. The van der Waals surface area contributed by atoms with Crippen molar-refractivity contribution in [2.24, 2.45) is 0 Å². The molecule has 0 unspecified atom stereocenters. The van der Waals surface area contributed by atoms with Crippen molar-refractivity contribution in [1.82, 2.24) is 15.5 Å². The number of carboxylic acids is 1. The molecule has 0 aliphatic rings. The maximum atomic E-state index is 11.6. The lowest BCUT2D eigenvalue weighted by molar-refractivity contribution is 0.0697. The van der Waals surface area contributed by atoms with Crippen molar-refractivity contribution in [3.05, 3.63) is 35.4 Å². The Morgan fingerprint density at radius 3 is 2.24 bits per heavy atom. The number of benzene rings is 1. The number of aromatic carboxylic acids is 1. The molecule has 6 heteroatoms. The van der Waals surface area contributed by atoms with Gasteiger partial charge >= 0.3 is 12.0 Å². The lowest BCUT2D eigenvalue weighted by atomic mass is 10.1. The van der Waals surface area contributed by atoms with E-state index in [-0.39, 0.29) is 11.6 Å². The number of rotatable bonds is 8. The molecule has 0 saturated carbocycles. The van der Waals surface area contributed by atoms with Crippen LogP contribution in [0.5, 0.6) is 0 Å². The van der Waals surface area contributed by atoms with Crippen LogP contribution in [0.4, 0.5) is 4.79 Å². The molecule has 0 spiro atoms. The average molecular weight is 293 g/mol. The number of urea groups is 1. The van der Waals surface area contributed by atoms with Crippen molar-refractivity contribution in [1.29, 1.82) is 0 Å². The van der Waals surface area contributed by atoms with Crippen LogP contribution in [0.1, 0.15) is 29.8 Å². The van der Waals surface area contributed by atoms with E-state index >= 15 is 0 Å². The number of nitrogens with one attached hydrogen (secondary N) is 2. The highest BCUT2D eigenvalue weighted by atomic mass is 16.4. The average Bonchev–Trinajstić information content (AvgIpc) is 2.50. The Hall–Kier alpha value is -2.08. The first kappa shape index (κ1) is 17.0. The van der Waals surface area contributed by atoms with Gasteiger partial charge in [-0.3, -0.25) is 0 Å². The quantitative estimate of drug-likeness (QED) is 0.679. The summed E-state index contributed by atoms with van der Waals surface area (Å²) in [5.41, 5.74) is 1.10. The fraction of sp³-hybridized carbons (Fsp3) is 0.467. The van der Waals surface area contributed by atoms with Crippen LogP contribution < -0.4 is 10.6 Å². The summed E-state index contributed by atoms with van der Waals surface area (Å²) in [7, 11) is 0. The Kier molecular flexibility index (Phi) is 7.25. The number of carbonyl (C=O) groups is 2. The number of hydrogen-bond donors (Lipinski definition) is 3. The molecule has 1 aromatic rings. The molecule has 0 radical (unpaired) electrons.